The summed E-state index contributed by atoms with van der Waals surface area (Å²) in [5.41, 5.74) is 10.0. The average Bonchev–Trinajstić information content (AvgIpc) is 2.12. The minimum absolute atomic E-state index is 0.280. The largest absolute Gasteiger partial charge is 0.387 e. The Bertz CT molecular complexity index is 284. The summed E-state index contributed by atoms with van der Waals surface area (Å²) in [6, 6.07) is 4.00. The lowest BCUT2D eigenvalue weighted by Gasteiger charge is -2.12. The second-order valence-corrected chi connectivity index (χ2v) is 3.53. The van der Waals surface area contributed by atoms with E-state index in [1.165, 1.54) is 16.7 Å². The van der Waals surface area contributed by atoms with Gasteiger partial charge in [0.15, 0.2) is 0 Å². The molecule has 0 aliphatic carbocycles. The van der Waals surface area contributed by atoms with Crippen molar-refractivity contribution in [2.75, 3.05) is 6.54 Å². The van der Waals surface area contributed by atoms with Crippen LogP contribution in [0.2, 0.25) is 0 Å². The standard InChI is InChI=1S/C11H17NO/c1-7-4-10(11(13)6-12)5-8(2)9(7)3/h4-5,11,13H,6,12H2,1-3H3. The van der Waals surface area contributed by atoms with Crippen LogP contribution in [0.1, 0.15) is 28.4 Å². The van der Waals surface area contributed by atoms with Gasteiger partial charge in [0.25, 0.3) is 0 Å². The maximum Gasteiger partial charge on any atom is 0.0912 e. The number of aliphatic hydroxyl groups is 1. The van der Waals surface area contributed by atoms with E-state index >= 15 is 0 Å². The lowest BCUT2D eigenvalue weighted by atomic mass is 9.98. The molecule has 3 N–H and O–H groups in total. The van der Waals surface area contributed by atoms with Crippen molar-refractivity contribution in [1.82, 2.24) is 0 Å². The molecule has 0 spiro atoms. The molecule has 1 atom stereocenters. The molecule has 1 aromatic carbocycles. The van der Waals surface area contributed by atoms with Crippen molar-refractivity contribution in [3.63, 3.8) is 0 Å². The number of hydrogen-bond donors (Lipinski definition) is 2. The number of hydrogen-bond acceptors (Lipinski definition) is 2. The Morgan fingerprint density at radius 3 is 2.08 bits per heavy atom. The Kier molecular flexibility index (Phi) is 3.07. The average molecular weight is 179 g/mol. The predicted molar refractivity (Wildman–Crippen MR) is 54.7 cm³/mol. The smallest absolute Gasteiger partial charge is 0.0912 e. The molecule has 0 saturated heterocycles. The molecule has 0 radical (unpaired) electrons. The Morgan fingerprint density at radius 2 is 1.69 bits per heavy atom. The zero-order chi connectivity index (χ0) is 10.0. The van der Waals surface area contributed by atoms with Crippen LogP contribution in [0, 0.1) is 20.8 Å². The minimum atomic E-state index is -0.530. The first kappa shape index (κ1) is 10.2. The first-order chi connectivity index (χ1) is 6.06. The van der Waals surface area contributed by atoms with Gasteiger partial charge in [0.1, 0.15) is 0 Å². The lowest BCUT2D eigenvalue weighted by Crippen LogP contribution is -2.12. The van der Waals surface area contributed by atoms with Crippen molar-refractivity contribution in [3.8, 4) is 0 Å². The SMILES string of the molecule is Cc1cc(C(O)CN)cc(C)c1C. The maximum atomic E-state index is 9.54. The monoisotopic (exact) mass is 179 g/mol. The molecule has 0 bridgehead atoms. The molecule has 0 fully saturated rings. The Hall–Kier alpha value is -0.860. The summed E-state index contributed by atoms with van der Waals surface area (Å²) in [5, 5.41) is 9.54. The first-order valence-electron chi connectivity index (χ1n) is 4.52. The molecule has 13 heavy (non-hydrogen) atoms. The van der Waals surface area contributed by atoms with E-state index < -0.39 is 6.10 Å². The van der Waals surface area contributed by atoms with Crippen molar-refractivity contribution in [1.29, 1.82) is 0 Å². The van der Waals surface area contributed by atoms with Crippen molar-refractivity contribution in [3.05, 3.63) is 34.4 Å². The van der Waals surface area contributed by atoms with Crippen molar-refractivity contribution < 1.29 is 5.11 Å². The fraction of sp³-hybridized carbons (Fsp3) is 0.455. The number of aryl methyl sites for hydroxylation is 2. The molecule has 1 aromatic rings. The Morgan fingerprint density at radius 1 is 1.23 bits per heavy atom. The van der Waals surface area contributed by atoms with E-state index in [2.05, 4.69) is 20.8 Å². The molecule has 2 nitrogen and oxygen atoms in total. The number of aliphatic hydroxyl groups excluding tert-OH is 1. The molecule has 0 saturated carbocycles. The second-order valence-electron chi connectivity index (χ2n) is 3.53. The van der Waals surface area contributed by atoms with Gasteiger partial charge in [-0.3, -0.25) is 0 Å². The highest BCUT2D eigenvalue weighted by atomic mass is 16.3. The first-order valence-corrected chi connectivity index (χ1v) is 4.52. The lowest BCUT2D eigenvalue weighted by molar-refractivity contribution is 0.186. The molecule has 0 aromatic heterocycles. The number of nitrogens with two attached hydrogens (primary N) is 1. The van der Waals surface area contributed by atoms with E-state index in [0.29, 0.717) is 0 Å². The van der Waals surface area contributed by atoms with Gasteiger partial charge < -0.3 is 10.8 Å². The fourth-order valence-electron chi connectivity index (χ4n) is 1.40. The van der Waals surface area contributed by atoms with Crippen LogP contribution in [-0.4, -0.2) is 11.7 Å². The molecule has 0 amide bonds. The summed E-state index contributed by atoms with van der Waals surface area (Å²) in [7, 11) is 0. The van der Waals surface area contributed by atoms with Crippen molar-refractivity contribution in [2.45, 2.75) is 26.9 Å². The molecule has 1 unspecified atom stereocenters. The van der Waals surface area contributed by atoms with Crippen LogP contribution in [0.3, 0.4) is 0 Å². The summed E-state index contributed by atoms with van der Waals surface area (Å²) in [6.45, 7) is 6.47. The molecule has 1 rings (SSSR count). The maximum absolute atomic E-state index is 9.54. The van der Waals surface area contributed by atoms with Gasteiger partial charge in [-0.2, -0.15) is 0 Å². The molecule has 2 heteroatoms. The highest BCUT2D eigenvalue weighted by Crippen LogP contribution is 2.19. The van der Waals surface area contributed by atoms with E-state index in [4.69, 9.17) is 5.73 Å². The van der Waals surface area contributed by atoms with Gasteiger partial charge in [0, 0.05) is 6.54 Å². The van der Waals surface area contributed by atoms with Gasteiger partial charge in [0.05, 0.1) is 6.10 Å². The van der Waals surface area contributed by atoms with Crippen LogP contribution >= 0.6 is 0 Å². The van der Waals surface area contributed by atoms with E-state index in [1.807, 2.05) is 12.1 Å². The molecular formula is C11H17NO. The topological polar surface area (TPSA) is 46.2 Å². The van der Waals surface area contributed by atoms with Crippen LogP contribution in [0.5, 0.6) is 0 Å². The van der Waals surface area contributed by atoms with Crippen LogP contribution in [0.4, 0.5) is 0 Å². The second kappa shape index (κ2) is 3.90. The number of rotatable bonds is 2. The van der Waals surface area contributed by atoms with Crippen LogP contribution in [-0.2, 0) is 0 Å². The van der Waals surface area contributed by atoms with E-state index in [-0.39, 0.29) is 6.54 Å². The van der Waals surface area contributed by atoms with E-state index in [1.54, 1.807) is 0 Å². The van der Waals surface area contributed by atoms with Gasteiger partial charge in [-0.05, 0) is 43.0 Å². The molecular weight excluding hydrogens is 162 g/mol. The summed E-state index contributed by atoms with van der Waals surface area (Å²) >= 11 is 0. The normalized spacial score (nSPS) is 13.0. The fourth-order valence-corrected chi connectivity index (χ4v) is 1.40. The van der Waals surface area contributed by atoms with Crippen molar-refractivity contribution >= 4 is 0 Å². The van der Waals surface area contributed by atoms with Gasteiger partial charge >= 0.3 is 0 Å². The summed E-state index contributed by atoms with van der Waals surface area (Å²) in [5.74, 6) is 0. The van der Waals surface area contributed by atoms with Gasteiger partial charge in [0.2, 0.25) is 0 Å². The summed E-state index contributed by atoms with van der Waals surface area (Å²) in [4.78, 5) is 0. The van der Waals surface area contributed by atoms with Gasteiger partial charge in [-0.15, -0.1) is 0 Å². The zero-order valence-electron chi connectivity index (χ0n) is 8.46. The van der Waals surface area contributed by atoms with Crippen LogP contribution < -0.4 is 5.73 Å². The highest BCUT2D eigenvalue weighted by Gasteiger charge is 2.07. The Labute approximate surface area is 79.4 Å². The quantitative estimate of drug-likeness (QED) is 0.724. The van der Waals surface area contributed by atoms with Gasteiger partial charge in [-0.25, -0.2) is 0 Å². The third kappa shape index (κ3) is 2.08. The zero-order valence-corrected chi connectivity index (χ0v) is 8.46. The third-order valence-electron chi connectivity index (χ3n) is 2.56. The highest BCUT2D eigenvalue weighted by molar-refractivity contribution is 5.37. The van der Waals surface area contributed by atoms with Crippen LogP contribution in [0.15, 0.2) is 12.1 Å². The molecule has 0 aliphatic heterocycles. The summed E-state index contributed by atoms with van der Waals surface area (Å²) < 4.78 is 0. The molecule has 0 heterocycles. The predicted octanol–water partition coefficient (Wildman–Crippen LogP) is 1.60. The van der Waals surface area contributed by atoms with Crippen LogP contribution in [0.25, 0.3) is 0 Å². The Balaban J connectivity index is 3.13. The summed E-state index contributed by atoms with van der Waals surface area (Å²) in [6.07, 6.45) is -0.530. The van der Waals surface area contributed by atoms with E-state index in [9.17, 15) is 5.11 Å². The third-order valence-corrected chi connectivity index (χ3v) is 2.56. The number of benzene rings is 1. The van der Waals surface area contributed by atoms with E-state index in [0.717, 1.165) is 5.56 Å². The van der Waals surface area contributed by atoms with Crippen molar-refractivity contribution in [2.24, 2.45) is 5.73 Å². The minimum Gasteiger partial charge on any atom is -0.387 e. The molecule has 72 valence electrons. The van der Waals surface area contributed by atoms with Gasteiger partial charge in [-0.1, -0.05) is 12.1 Å². The molecule has 0 aliphatic rings.